The lowest BCUT2D eigenvalue weighted by molar-refractivity contribution is 0.0901. The van der Waals surface area contributed by atoms with E-state index in [-0.39, 0.29) is 23.3 Å². The number of aromatic nitrogens is 2. The van der Waals surface area contributed by atoms with Crippen molar-refractivity contribution in [2.24, 2.45) is 0 Å². The first-order valence-electron chi connectivity index (χ1n) is 6.57. The van der Waals surface area contributed by atoms with Crippen molar-refractivity contribution < 1.29 is 9.21 Å². The SMILES string of the molecule is C[C@H](NC(=O)c1nnc(C(C)(C)C)o1)c1ccccc1. The molecule has 0 radical (unpaired) electrons. The number of rotatable bonds is 3. The highest BCUT2D eigenvalue weighted by molar-refractivity contribution is 5.89. The van der Waals surface area contributed by atoms with Gasteiger partial charge in [-0.1, -0.05) is 51.1 Å². The zero-order valence-electron chi connectivity index (χ0n) is 12.2. The molecule has 5 heteroatoms. The molecule has 106 valence electrons. The third kappa shape index (κ3) is 3.23. The summed E-state index contributed by atoms with van der Waals surface area (Å²) in [5.74, 6) is 0.0945. The number of benzene rings is 1. The molecule has 1 heterocycles. The molecule has 1 amide bonds. The Morgan fingerprint density at radius 1 is 1.20 bits per heavy atom. The van der Waals surface area contributed by atoms with Gasteiger partial charge in [-0.05, 0) is 12.5 Å². The zero-order chi connectivity index (χ0) is 14.8. The third-order valence-corrected chi connectivity index (χ3v) is 2.91. The largest absolute Gasteiger partial charge is 0.416 e. The van der Waals surface area contributed by atoms with E-state index in [1.165, 1.54) is 0 Å². The maximum Gasteiger partial charge on any atom is 0.309 e. The lowest BCUT2D eigenvalue weighted by Crippen LogP contribution is -2.26. The Balaban J connectivity index is 2.07. The number of amides is 1. The molecule has 0 fully saturated rings. The number of nitrogens with one attached hydrogen (secondary N) is 1. The Kier molecular flexibility index (Phi) is 3.88. The van der Waals surface area contributed by atoms with Crippen LogP contribution in [-0.4, -0.2) is 16.1 Å². The van der Waals surface area contributed by atoms with E-state index < -0.39 is 0 Å². The molecular formula is C15H19N3O2. The molecule has 0 unspecified atom stereocenters. The fraction of sp³-hybridized carbons (Fsp3) is 0.400. The van der Waals surface area contributed by atoms with Crippen molar-refractivity contribution in [1.82, 2.24) is 15.5 Å². The molecule has 1 aromatic carbocycles. The summed E-state index contributed by atoms with van der Waals surface area (Å²) in [5, 5.41) is 10.6. The fourth-order valence-corrected chi connectivity index (χ4v) is 1.70. The van der Waals surface area contributed by atoms with Crippen LogP contribution in [0.5, 0.6) is 0 Å². The molecule has 0 bridgehead atoms. The van der Waals surface area contributed by atoms with Crippen LogP contribution in [0.1, 0.15) is 55.9 Å². The zero-order valence-corrected chi connectivity index (χ0v) is 12.2. The Labute approximate surface area is 118 Å². The van der Waals surface area contributed by atoms with Gasteiger partial charge in [-0.25, -0.2) is 0 Å². The summed E-state index contributed by atoms with van der Waals surface area (Å²) in [6.07, 6.45) is 0. The van der Waals surface area contributed by atoms with Crippen LogP contribution < -0.4 is 5.32 Å². The highest BCUT2D eigenvalue weighted by atomic mass is 16.4. The van der Waals surface area contributed by atoms with Gasteiger partial charge in [0.05, 0.1) is 6.04 Å². The molecule has 2 aromatic rings. The molecule has 0 aliphatic heterocycles. The van der Waals surface area contributed by atoms with E-state index in [9.17, 15) is 4.79 Å². The van der Waals surface area contributed by atoms with E-state index in [0.717, 1.165) is 5.56 Å². The van der Waals surface area contributed by atoms with Gasteiger partial charge in [0.15, 0.2) is 0 Å². The van der Waals surface area contributed by atoms with Gasteiger partial charge < -0.3 is 9.73 Å². The second-order valence-corrected chi connectivity index (χ2v) is 5.77. The maximum atomic E-state index is 12.1. The number of carbonyl (C=O) groups excluding carboxylic acids is 1. The van der Waals surface area contributed by atoms with E-state index >= 15 is 0 Å². The Hall–Kier alpha value is -2.17. The summed E-state index contributed by atoms with van der Waals surface area (Å²) >= 11 is 0. The standard InChI is InChI=1S/C15H19N3O2/c1-10(11-8-6-5-7-9-11)16-12(19)13-17-18-14(20-13)15(2,3)4/h5-10H,1-4H3,(H,16,19)/t10-/m0/s1. The highest BCUT2D eigenvalue weighted by Crippen LogP contribution is 2.20. The van der Waals surface area contributed by atoms with Gasteiger partial charge >= 0.3 is 11.8 Å². The van der Waals surface area contributed by atoms with Gasteiger partial charge in [-0.3, -0.25) is 4.79 Å². The quantitative estimate of drug-likeness (QED) is 0.933. The molecule has 0 saturated heterocycles. The second kappa shape index (κ2) is 5.45. The van der Waals surface area contributed by atoms with Crippen LogP contribution in [0.2, 0.25) is 0 Å². The van der Waals surface area contributed by atoms with Crippen molar-refractivity contribution in [3.05, 3.63) is 47.7 Å². The molecule has 0 aliphatic carbocycles. The molecule has 0 saturated carbocycles. The van der Waals surface area contributed by atoms with E-state index in [0.29, 0.717) is 5.89 Å². The van der Waals surface area contributed by atoms with Gasteiger partial charge in [0.2, 0.25) is 5.89 Å². The topological polar surface area (TPSA) is 68.0 Å². The van der Waals surface area contributed by atoms with Crippen molar-refractivity contribution >= 4 is 5.91 Å². The maximum absolute atomic E-state index is 12.1. The van der Waals surface area contributed by atoms with E-state index in [1.54, 1.807) is 0 Å². The monoisotopic (exact) mass is 273 g/mol. The number of hydrogen-bond acceptors (Lipinski definition) is 4. The fourth-order valence-electron chi connectivity index (χ4n) is 1.70. The normalized spacial score (nSPS) is 13.0. The van der Waals surface area contributed by atoms with Crippen LogP contribution in [0.3, 0.4) is 0 Å². The molecule has 1 aromatic heterocycles. The van der Waals surface area contributed by atoms with Crippen molar-refractivity contribution in [1.29, 1.82) is 0 Å². The van der Waals surface area contributed by atoms with Gasteiger partial charge in [0, 0.05) is 5.41 Å². The highest BCUT2D eigenvalue weighted by Gasteiger charge is 2.24. The molecule has 0 spiro atoms. The second-order valence-electron chi connectivity index (χ2n) is 5.77. The molecule has 1 N–H and O–H groups in total. The average molecular weight is 273 g/mol. The van der Waals surface area contributed by atoms with Crippen LogP contribution in [0, 0.1) is 0 Å². The van der Waals surface area contributed by atoms with E-state index in [2.05, 4.69) is 15.5 Å². The van der Waals surface area contributed by atoms with Crippen molar-refractivity contribution in [3.8, 4) is 0 Å². The summed E-state index contributed by atoms with van der Waals surface area (Å²) in [5.41, 5.74) is 0.757. The Morgan fingerprint density at radius 3 is 2.40 bits per heavy atom. The van der Waals surface area contributed by atoms with Crippen LogP contribution >= 0.6 is 0 Å². The summed E-state index contributed by atoms with van der Waals surface area (Å²) in [6.45, 7) is 7.77. The first kappa shape index (κ1) is 14.2. The van der Waals surface area contributed by atoms with Crippen molar-refractivity contribution in [3.63, 3.8) is 0 Å². The van der Waals surface area contributed by atoms with Crippen LogP contribution in [0.15, 0.2) is 34.7 Å². The molecule has 1 atom stereocenters. The van der Waals surface area contributed by atoms with E-state index in [4.69, 9.17) is 4.42 Å². The Bertz CT molecular complexity index is 585. The minimum absolute atomic E-state index is 0.00212. The van der Waals surface area contributed by atoms with Crippen LogP contribution in [-0.2, 0) is 5.41 Å². The first-order chi connectivity index (χ1) is 9.38. The van der Waals surface area contributed by atoms with Gasteiger partial charge in [-0.2, -0.15) is 0 Å². The first-order valence-corrected chi connectivity index (χ1v) is 6.57. The summed E-state index contributed by atoms with van der Waals surface area (Å²) in [6, 6.07) is 9.60. The lowest BCUT2D eigenvalue weighted by atomic mass is 9.97. The molecule has 0 aliphatic rings. The van der Waals surface area contributed by atoms with Gasteiger partial charge in [-0.15, -0.1) is 10.2 Å². The van der Waals surface area contributed by atoms with Crippen LogP contribution in [0.4, 0.5) is 0 Å². The third-order valence-electron chi connectivity index (χ3n) is 2.91. The smallest absolute Gasteiger partial charge is 0.309 e. The average Bonchev–Trinajstić information content (AvgIpc) is 2.89. The molecule has 20 heavy (non-hydrogen) atoms. The Morgan fingerprint density at radius 2 is 1.85 bits per heavy atom. The summed E-state index contributed by atoms with van der Waals surface area (Å²) in [7, 11) is 0. The molecule has 5 nitrogen and oxygen atoms in total. The predicted octanol–water partition coefficient (Wildman–Crippen LogP) is 2.86. The summed E-state index contributed by atoms with van der Waals surface area (Å²) in [4.78, 5) is 12.1. The minimum Gasteiger partial charge on any atom is -0.416 e. The van der Waals surface area contributed by atoms with Crippen molar-refractivity contribution in [2.75, 3.05) is 0 Å². The molecule has 2 rings (SSSR count). The lowest BCUT2D eigenvalue weighted by Gasteiger charge is -2.13. The summed E-state index contributed by atoms with van der Waals surface area (Å²) < 4.78 is 5.41. The number of nitrogens with zero attached hydrogens (tertiary/aromatic N) is 2. The van der Waals surface area contributed by atoms with Gasteiger partial charge in [0.25, 0.3) is 0 Å². The van der Waals surface area contributed by atoms with Gasteiger partial charge in [0.1, 0.15) is 0 Å². The number of hydrogen-bond donors (Lipinski definition) is 1. The van der Waals surface area contributed by atoms with Crippen molar-refractivity contribution in [2.45, 2.75) is 39.2 Å². The number of carbonyl (C=O) groups is 1. The molecular weight excluding hydrogens is 254 g/mol. The predicted molar refractivity (Wildman–Crippen MR) is 75.3 cm³/mol. The minimum atomic E-state index is -0.357. The van der Waals surface area contributed by atoms with E-state index in [1.807, 2.05) is 58.0 Å². The van der Waals surface area contributed by atoms with Crippen LogP contribution in [0.25, 0.3) is 0 Å².